The van der Waals surface area contributed by atoms with Crippen molar-refractivity contribution in [1.82, 2.24) is 0 Å². The number of thiophene rings is 1. The first kappa shape index (κ1) is 48.9. The standard InChI is InChI=1S/C48H31I6O9S/c1-23(2)46(55)61-41-20-32(49)38(17-35(41)52)58-26-7-11-29(12-8-26)64-44-13-9-27(59-39-18-36(53)42(21-33(39)50)62-47(56)24(3)4)15-30(44)31-16-28(10-14-45(31)64)60-40-19-37(54)43(22-34(40)51)63-48(57)25(5)6/h7-22H,1,3,5H2,2,4,6H3/q+1. The van der Waals surface area contributed by atoms with E-state index in [-0.39, 0.29) is 0 Å². The third-order valence-corrected chi connectivity index (χ3v) is 16.4. The topological polar surface area (TPSA) is 107 Å². The van der Waals surface area contributed by atoms with E-state index in [1.54, 1.807) is 39.0 Å². The third-order valence-electron chi connectivity index (χ3n) is 8.99. The van der Waals surface area contributed by atoms with E-state index in [0.29, 0.717) is 75.6 Å². The molecule has 7 rings (SSSR count). The number of carbonyl (C=O) groups is 3. The van der Waals surface area contributed by atoms with Gasteiger partial charge in [0.15, 0.2) is 14.3 Å². The van der Waals surface area contributed by atoms with Crippen LogP contribution in [0.4, 0.5) is 0 Å². The van der Waals surface area contributed by atoms with Crippen LogP contribution in [0, 0.1) is 21.4 Å². The van der Waals surface area contributed by atoms with Gasteiger partial charge in [-0.05, 0) is 229 Å². The zero-order chi connectivity index (χ0) is 46.1. The first-order valence-corrected chi connectivity index (χ1v) is 26.3. The molecule has 9 nitrogen and oxygen atoms in total. The van der Waals surface area contributed by atoms with Crippen molar-refractivity contribution in [2.45, 2.75) is 20.8 Å². The molecule has 0 unspecified atom stereocenters. The Labute approximate surface area is 453 Å². The van der Waals surface area contributed by atoms with Gasteiger partial charge < -0.3 is 28.4 Å². The van der Waals surface area contributed by atoms with Gasteiger partial charge in [0.1, 0.15) is 51.7 Å². The Morgan fingerprint density at radius 2 is 0.688 bits per heavy atom. The van der Waals surface area contributed by atoms with Gasteiger partial charge in [0.25, 0.3) is 0 Å². The van der Waals surface area contributed by atoms with E-state index < -0.39 is 28.4 Å². The fraction of sp³-hybridized carbons (Fsp3) is 0.0625. The fourth-order valence-electron chi connectivity index (χ4n) is 5.88. The van der Waals surface area contributed by atoms with Gasteiger partial charge in [-0.15, -0.1) is 0 Å². The maximum atomic E-state index is 12.3. The van der Waals surface area contributed by atoms with Crippen molar-refractivity contribution in [3.8, 4) is 56.6 Å². The summed E-state index contributed by atoms with van der Waals surface area (Å²) in [5.74, 6) is 3.57. The SMILES string of the molecule is C=C(C)C(=O)Oc1cc(I)c(Oc2ccc(-[s+]3c4ccc(Oc5cc(I)c(OC(=O)C(=C)C)cc5I)cc4c4cc(Oc5cc(I)c(OC(=O)C(=C)C)cc5I)ccc43)cc2)cc1I. The minimum absolute atomic E-state index is 0.308. The molecule has 0 aliphatic heterocycles. The maximum Gasteiger partial charge on any atom is 0.338 e. The van der Waals surface area contributed by atoms with Crippen LogP contribution >= 0.6 is 146 Å². The molecule has 0 spiro atoms. The van der Waals surface area contributed by atoms with Crippen molar-refractivity contribution in [3.05, 3.63) is 155 Å². The number of hydrogen-bond acceptors (Lipinski definition) is 9. The number of fused-ring (bicyclic) bond motifs is 3. The number of hydrogen-bond donors (Lipinski definition) is 0. The minimum atomic E-state index is -0.509. The van der Waals surface area contributed by atoms with Gasteiger partial charge >= 0.3 is 17.9 Å². The summed E-state index contributed by atoms with van der Waals surface area (Å²) < 4.78 is 42.7. The largest absolute Gasteiger partial charge is 0.456 e. The van der Waals surface area contributed by atoms with Crippen LogP contribution in [0.2, 0.25) is 0 Å². The van der Waals surface area contributed by atoms with Crippen molar-refractivity contribution >= 4 is 184 Å². The molecular formula is C48H31I6O9S+. The lowest BCUT2D eigenvalue weighted by Gasteiger charge is -2.12. The molecular weight excluding hydrogens is 1510 g/mol. The third kappa shape index (κ3) is 11.2. The van der Waals surface area contributed by atoms with Gasteiger partial charge in [0, 0.05) is 51.5 Å². The Bertz CT molecular complexity index is 2980. The molecule has 0 saturated heterocycles. The van der Waals surface area contributed by atoms with Crippen molar-refractivity contribution in [2.24, 2.45) is 0 Å². The Morgan fingerprint density at radius 1 is 0.406 bits per heavy atom. The van der Waals surface area contributed by atoms with Gasteiger partial charge in [-0.1, -0.05) is 19.7 Å². The number of halogens is 6. The predicted octanol–water partition coefficient (Wildman–Crippen LogP) is 16.2. The first-order valence-electron chi connectivity index (χ1n) is 18.6. The molecule has 64 heavy (non-hydrogen) atoms. The monoisotopic (exact) mass is 1540 g/mol. The molecule has 0 aliphatic carbocycles. The summed E-state index contributed by atoms with van der Waals surface area (Å²) in [6, 6.07) is 31.1. The van der Waals surface area contributed by atoms with Gasteiger partial charge in [-0.3, -0.25) is 0 Å². The molecule has 0 amide bonds. The van der Waals surface area contributed by atoms with Crippen molar-refractivity contribution in [1.29, 1.82) is 0 Å². The highest BCUT2D eigenvalue weighted by atomic mass is 127. The lowest BCUT2D eigenvalue weighted by atomic mass is 10.1. The van der Waals surface area contributed by atoms with Gasteiger partial charge in [-0.25, -0.2) is 14.4 Å². The average molecular weight is 1550 g/mol. The van der Waals surface area contributed by atoms with E-state index in [9.17, 15) is 14.4 Å². The second-order valence-electron chi connectivity index (χ2n) is 14.0. The Hall–Kier alpha value is -3.05. The van der Waals surface area contributed by atoms with Crippen LogP contribution in [0.3, 0.4) is 0 Å². The molecule has 7 aromatic rings. The Morgan fingerprint density at radius 3 is 1.02 bits per heavy atom. The number of rotatable bonds is 13. The van der Waals surface area contributed by atoms with E-state index in [0.717, 1.165) is 39.3 Å². The van der Waals surface area contributed by atoms with Crippen LogP contribution < -0.4 is 28.4 Å². The number of ether oxygens (including phenoxy) is 6. The molecule has 0 bridgehead atoms. The summed E-state index contributed by atoms with van der Waals surface area (Å²) in [5.41, 5.74) is 0.931. The quantitative estimate of drug-likeness (QED) is 0.0367. The molecule has 0 N–H and O–H groups in total. The summed E-state index contributed by atoms with van der Waals surface area (Å²) in [6.45, 7) is 15.9. The van der Waals surface area contributed by atoms with E-state index >= 15 is 0 Å². The van der Waals surface area contributed by atoms with Crippen LogP contribution in [-0.4, -0.2) is 17.9 Å². The lowest BCUT2D eigenvalue weighted by Crippen LogP contribution is -2.09. The van der Waals surface area contributed by atoms with Crippen molar-refractivity contribution in [3.63, 3.8) is 0 Å². The number of esters is 3. The predicted molar refractivity (Wildman–Crippen MR) is 302 cm³/mol. The second kappa shape index (κ2) is 20.9. The Balaban J connectivity index is 1.26. The van der Waals surface area contributed by atoms with Crippen LogP contribution in [-0.2, 0) is 14.4 Å². The summed E-state index contributed by atoms with van der Waals surface area (Å²) >= 11 is 12.9. The zero-order valence-corrected chi connectivity index (χ0v) is 47.5. The molecule has 16 heteroatoms. The normalized spacial score (nSPS) is 11.0. The molecule has 324 valence electrons. The summed E-state index contributed by atoms with van der Waals surface area (Å²) in [6.07, 6.45) is 0. The molecule has 0 saturated carbocycles. The van der Waals surface area contributed by atoms with Crippen molar-refractivity contribution < 1.29 is 42.8 Å². The van der Waals surface area contributed by atoms with E-state index in [4.69, 9.17) is 28.4 Å². The number of benzene rings is 6. The number of carbonyl (C=O) groups excluding carboxylic acids is 3. The van der Waals surface area contributed by atoms with E-state index in [1.165, 1.54) is 0 Å². The molecule has 0 aliphatic rings. The van der Waals surface area contributed by atoms with Crippen molar-refractivity contribution in [2.75, 3.05) is 0 Å². The van der Waals surface area contributed by atoms with E-state index in [1.807, 2.05) is 54.6 Å². The Kier molecular flexibility index (Phi) is 15.9. The second-order valence-corrected chi connectivity index (χ2v) is 23.0. The van der Waals surface area contributed by atoms with Crippen LogP contribution in [0.15, 0.2) is 134 Å². The van der Waals surface area contributed by atoms with Crippen LogP contribution in [0.1, 0.15) is 20.8 Å². The smallest absolute Gasteiger partial charge is 0.338 e. The molecule has 1 aromatic heterocycles. The fourth-order valence-corrected chi connectivity index (χ4v) is 11.5. The highest BCUT2D eigenvalue weighted by Crippen LogP contribution is 2.51. The molecule has 6 aromatic carbocycles. The highest BCUT2D eigenvalue weighted by molar-refractivity contribution is 14.1. The molecule has 0 radical (unpaired) electrons. The van der Waals surface area contributed by atoms with Gasteiger partial charge in [0.2, 0.25) is 0 Å². The maximum absolute atomic E-state index is 12.3. The molecule has 0 atom stereocenters. The molecule has 0 fully saturated rings. The highest BCUT2D eigenvalue weighted by Gasteiger charge is 2.26. The van der Waals surface area contributed by atoms with Crippen LogP contribution in [0.5, 0.6) is 51.7 Å². The summed E-state index contributed by atoms with van der Waals surface area (Å²) in [7, 11) is -0.509. The zero-order valence-electron chi connectivity index (χ0n) is 33.7. The van der Waals surface area contributed by atoms with Crippen LogP contribution in [0.25, 0.3) is 25.1 Å². The average Bonchev–Trinajstić information content (AvgIpc) is 3.56. The summed E-state index contributed by atoms with van der Waals surface area (Å²) in [4.78, 5) is 37.8. The van der Waals surface area contributed by atoms with Gasteiger partial charge in [-0.2, -0.15) is 0 Å². The molecule has 1 heterocycles. The van der Waals surface area contributed by atoms with Gasteiger partial charge in [0.05, 0.1) is 32.2 Å². The summed E-state index contributed by atoms with van der Waals surface area (Å²) in [5, 5.41) is 1.97. The first-order chi connectivity index (χ1) is 30.4. The minimum Gasteiger partial charge on any atom is -0.456 e. The van der Waals surface area contributed by atoms with E-state index in [2.05, 4.69) is 180 Å². The lowest BCUT2D eigenvalue weighted by molar-refractivity contribution is -0.131.